The Morgan fingerprint density at radius 1 is 1.43 bits per heavy atom. The zero-order valence-corrected chi connectivity index (χ0v) is 12.8. The van der Waals surface area contributed by atoms with Crippen LogP contribution in [0.5, 0.6) is 0 Å². The number of rotatable bonds is 7. The Morgan fingerprint density at radius 3 is 2.90 bits per heavy atom. The van der Waals surface area contributed by atoms with E-state index in [0.29, 0.717) is 13.0 Å². The van der Waals surface area contributed by atoms with Gasteiger partial charge in [0.15, 0.2) is 5.76 Å². The second-order valence-electron chi connectivity index (χ2n) is 5.25. The topological polar surface area (TPSA) is 74.2 Å². The van der Waals surface area contributed by atoms with Crippen LogP contribution in [0.15, 0.2) is 22.7 Å². The number of aromatic amines is 1. The molecule has 0 unspecified atom stereocenters. The number of aryl methyl sites for hydroxylation is 1. The summed E-state index contributed by atoms with van der Waals surface area (Å²) >= 11 is 0. The largest absolute Gasteiger partial charge is 0.460 e. The van der Waals surface area contributed by atoms with Gasteiger partial charge in [-0.25, -0.2) is 0 Å². The van der Waals surface area contributed by atoms with E-state index < -0.39 is 0 Å². The molecule has 2 aromatic rings. The maximum atomic E-state index is 11.4. The summed E-state index contributed by atoms with van der Waals surface area (Å²) in [6.45, 7) is 3.41. The number of carbonyl (C=O) groups is 1. The van der Waals surface area contributed by atoms with Gasteiger partial charge in [0.05, 0.1) is 6.20 Å². The quantitative estimate of drug-likeness (QED) is 0.764. The zero-order valence-electron chi connectivity index (χ0n) is 12.8. The minimum absolute atomic E-state index is 0.159. The highest BCUT2D eigenvalue weighted by Crippen LogP contribution is 2.23. The summed E-state index contributed by atoms with van der Waals surface area (Å²) in [5.41, 5.74) is 1.96. The molecule has 2 heterocycles. The van der Waals surface area contributed by atoms with Crippen molar-refractivity contribution < 1.29 is 9.21 Å². The highest BCUT2D eigenvalue weighted by atomic mass is 16.3. The molecule has 0 aliphatic heterocycles. The van der Waals surface area contributed by atoms with E-state index in [1.807, 2.05) is 19.1 Å². The summed E-state index contributed by atoms with van der Waals surface area (Å²) in [5.74, 6) is 1.83. The van der Waals surface area contributed by atoms with Crippen LogP contribution in [-0.2, 0) is 11.3 Å². The predicted molar refractivity (Wildman–Crippen MR) is 80.7 cm³/mol. The van der Waals surface area contributed by atoms with E-state index in [1.165, 1.54) is 0 Å². The Morgan fingerprint density at radius 2 is 2.24 bits per heavy atom. The summed E-state index contributed by atoms with van der Waals surface area (Å²) in [5, 5.41) is 10.4. The van der Waals surface area contributed by atoms with Gasteiger partial charge < -0.3 is 14.6 Å². The first kappa shape index (κ1) is 15.3. The Hall–Kier alpha value is -2.08. The average Bonchev–Trinajstić information content (AvgIpc) is 3.06. The molecule has 114 valence electrons. The Balaban J connectivity index is 1.80. The van der Waals surface area contributed by atoms with Crippen molar-refractivity contribution >= 4 is 5.91 Å². The Labute approximate surface area is 124 Å². The highest BCUT2D eigenvalue weighted by molar-refractivity contribution is 5.75. The second kappa shape index (κ2) is 7.08. The molecule has 0 atom stereocenters. The first-order chi connectivity index (χ1) is 10.1. The van der Waals surface area contributed by atoms with Crippen LogP contribution in [0.4, 0.5) is 0 Å². The van der Waals surface area contributed by atoms with Crippen LogP contribution in [-0.4, -0.2) is 41.6 Å². The van der Waals surface area contributed by atoms with Gasteiger partial charge in [-0.1, -0.05) is 0 Å². The van der Waals surface area contributed by atoms with Gasteiger partial charge in [0.25, 0.3) is 0 Å². The van der Waals surface area contributed by atoms with E-state index in [-0.39, 0.29) is 5.91 Å². The van der Waals surface area contributed by atoms with E-state index in [4.69, 9.17) is 4.42 Å². The molecule has 6 nitrogen and oxygen atoms in total. The van der Waals surface area contributed by atoms with Crippen LogP contribution in [0.25, 0.3) is 11.5 Å². The fourth-order valence-corrected chi connectivity index (χ4v) is 2.04. The van der Waals surface area contributed by atoms with Crippen molar-refractivity contribution in [2.24, 2.45) is 0 Å². The number of aromatic nitrogens is 2. The molecule has 0 aliphatic rings. The van der Waals surface area contributed by atoms with Crippen LogP contribution in [0, 0.1) is 6.92 Å². The maximum Gasteiger partial charge on any atom is 0.222 e. The molecular formula is C15H22N4O2. The number of furan rings is 1. The standard InChI is InChI=1S/C15H22N4O2/c1-11-6-7-13(21-11)15-12(10-17-18-15)9-16-8-4-5-14(20)19(2)3/h6-7,10,16H,4-5,8-9H2,1-3H3,(H,17,18). The molecule has 0 spiro atoms. The average molecular weight is 290 g/mol. The van der Waals surface area contributed by atoms with Gasteiger partial charge in [-0.15, -0.1) is 0 Å². The lowest BCUT2D eigenvalue weighted by atomic mass is 10.2. The van der Waals surface area contributed by atoms with E-state index in [9.17, 15) is 4.79 Å². The van der Waals surface area contributed by atoms with E-state index >= 15 is 0 Å². The van der Waals surface area contributed by atoms with Crippen LogP contribution in [0.1, 0.15) is 24.2 Å². The van der Waals surface area contributed by atoms with Crippen molar-refractivity contribution in [1.29, 1.82) is 0 Å². The van der Waals surface area contributed by atoms with Crippen molar-refractivity contribution in [3.05, 3.63) is 29.7 Å². The van der Waals surface area contributed by atoms with Gasteiger partial charge in [0, 0.05) is 32.6 Å². The van der Waals surface area contributed by atoms with E-state index in [0.717, 1.165) is 35.7 Å². The molecule has 2 rings (SSSR count). The summed E-state index contributed by atoms with van der Waals surface area (Å²) in [4.78, 5) is 13.1. The van der Waals surface area contributed by atoms with Crippen molar-refractivity contribution in [2.45, 2.75) is 26.3 Å². The lowest BCUT2D eigenvalue weighted by Crippen LogP contribution is -2.23. The van der Waals surface area contributed by atoms with Crippen LogP contribution >= 0.6 is 0 Å². The molecule has 0 bridgehead atoms. The molecule has 0 aliphatic carbocycles. The molecular weight excluding hydrogens is 268 g/mol. The third kappa shape index (κ3) is 4.19. The molecule has 0 aromatic carbocycles. The minimum Gasteiger partial charge on any atom is -0.460 e. The summed E-state index contributed by atoms with van der Waals surface area (Å²) < 4.78 is 5.60. The molecule has 21 heavy (non-hydrogen) atoms. The molecule has 0 saturated heterocycles. The molecule has 2 aromatic heterocycles. The number of hydrogen-bond donors (Lipinski definition) is 2. The van der Waals surface area contributed by atoms with Gasteiger partial charge in [-0.3, -0.25) is 9.89 Å². The zero-order chi connectivity index (χ0) is 15.2. The van der Waals surface area contributed by atoms with Crippen molar-refractivity contribution in [3.8, 4) is 11.5 Å². The normalized spacial score (nSPS) is 10.8. The van der Waals surface area contributed by atoms with Gasteiger partial charge >= 0.3 is 0 Å². The molecule has 2 N–H and O–H groups in total. The molecule has 0 radical (unpaired) electrons. The summed E-state index contributed by atoms with van der Waals surface area (Å²) in [6, 6.07) is 3.86. The maximum absolute atomic E-state index is 11.4. The van der Waals surface area contributed by atoms with E-state index in [1.54, 1.807) is 25.2 Å². The first-order valence-corrected chi connectivity index (χ1v) is 7.08. The number of amides is 1. The van der Waals surface area contributed by atoms with Gasteiger partial charge in [-0.2, -0.15) is 5.10 Å². The highest BCUT2D eigenvalue weighted by Gasteiger charge is 2.10. The minimum atomic E-state index is 0.159. The fourth-order valence-electron chi connectivity index (χ4n) is 2.04. The molecule has 6 heteroatoms. The van der Waals surface area contributed by atoms with Crippen LogP contribution in [0.3, 0.4) is 0 Å². The number of H-pyrrole nitrogens is 1. The number of nitrogens with zero attached hydrogens (tertiary/aromatic N) is 2. The summed E-state index contributed by atoms with van der Waals surface area (Å²) in [6.07, 6.45) is 3.19. The predicted octanol–water partition coefficient (Wildman–Crippen LogP) is 1.94. The SMILES string of the molecule is Cc1ccc(-c2[nH]ncc2CNCCCC(=O)N(C)C)o1. The first-order valence-electron chi connectivity index (χ1n) is 7.08. The third-order valence-electron chi connectivity index (χ3n) is 3.26. The van der Waals surface area contributed by atoms with E-state index in [2.05, 4.69) is 15.5 Å². The number of nitrogens with one attached hydrogen (secondary N) is 2. The molecule has 0 saturated carbocycles. The Bertz CT molecular complexity index is 586. The van der Waals surface area contributed by atoms with Gasteiger partial charge in [0.2, 0.25) is 5.91 Å². The number of hydrogen-bond acceptors (Lipinski definition) is 4. The lowest BCUT2D eigenvalue weighted by molar-refractivity contribution is -0.128. The molecule has 0 fully saturated rings. The fraction of sp³-hybridized carbons (Fsp3) is 0.467. The lowest BCUT2D eigenvalue weighted by Gasteiger charge is -2.10. The second-order valence-corrected chi connectivity index (χ2v) is 5.25. The summed E-state index contributed by atoms with van der Waals surface area (Å²) in [7, 11) is 3.55. The van der Waals surface area contributed by atoms with Crippen molar-refractivity contribution in [3.63, 3.8) is 0 Å². The third-order valence-corrected chi connectivity index (χ3v) is 3.26. The monoisotopic (exact) mass is 290 g/mol. The molecule has 1 amide bonds. The number of carbonyl (C=O) groups excluding carboxylic acids is 1. The Kier molecular flexibility index (Phi) is 5.16. The van der Waals surface area contributed by atoms with Gasteiger partial charge in [-0.05, 0) is 32.0 Å². The van der Waals surface area contributed by atoms with Crippen LogP contribution < -0.4 is 5.32 Å². The van der Waals surface area contributed by atoms with Crippen LogP contribution in [0.2, 0.25) is 0 Å². The smallest absolute Gasteiger partial charge is 0.222 e. The van der Waals surface area contributed by atoms with Gasteiger partial charge in [0.1, 0.15) is 11.5 Å². The van der Waals surface area contributed by atoms with Crippen molar-refractivity contribution in [2.75, 3.05) is 20.6 Å². The van der Waals surface area contributed by atoms with Crippen molar-refractivity contribution in [1.82, 2.24) is 20.4 Å².